The number of piperidine rings is 2. The van der Waals surface area contributed by atoms with Crippen molar-refractivity contribution < 1.29 is 4.79 Å². The maximum absolute atomic E-state index is 11.3. The van der Waals surface area contributed by atoms with Gasteiger partial charge in [0.05, 0.1) is 0 Å². The first-order valence-electron chi connectivity index (χ1n) is 10.8. The van der Waals surface area contributed by atoms with Gasteiger partial charge in [-0.2, -0.15) is 0 Å². The summed E-state index contributed by atoms with van der Waals surface area (Å²) in [5.41, 5.74) is 9.47. The van der Waals surface area contributed by atoms with Crippen LogP contribution < -0.4 is 11.1 Å². The Morgan fingerprint density at radius 3 is 2.57 bits per heavy atom. The zero-order valence-electron chi connectivity index (χ0n) is 17.7. The summed E-state index contributed by atoms with van der Waals surface area (Å²) < 4.78 is 0. The molecule has 0 radical (unpaired) electrons. The van der Waals surface area contributed by atoms with Crippen LogP contribution in [0.15, 0.2) is 12.3 Å². The standard InChI is InChI=1S/C22H37N5O/c1-4-5-20-16(2)19(14-24-20)17-8-12-27(13-9-17)21(15-25-22(23)28)18-6-10-26(3)11-7-18/h4-5,14,17-18,21,24H,6-13,15H2,1-3H3,(H3,23,25,28)/b5-4-. The quantitative estimate of drug-likeness (QED) is 0.702. The van der Waals surface area contributed by atoms with Crippen LogP contribution in [0.4, 0.5) is 4.79 Å². The topological polar surface area (TPSA) is 77.4 Å². The van der Waals surface area contributed by atoms with Crippen LogP contribution in [0.2, 0.25) is 0 Å². The third-order valence-corrected chi connectivity index (χ3v) is 6.78. The fourth-order valence-corrected chi connectivity index (χ4v) is 5.05. The zero-order chi connectivity index (χ0) is 20.1. The number of nitrogens with two attached hydrogens (primary N) is 1. The highest BCUT2D eigenvalue weighted by Crippen LogP contribution is 2.34. The van der Waals surface area contributed by atoms with Gasteiger partial charge in [0.1, 0.15) is 0 Å². The molecule has 0 bridgehead atoms. The van der Waals surface area contributed by atoms with Crippen molar-refractivity contribution in [3.63, 3.8) is 0 Å². The highest BCUT2D eigenvalue weighted by atomic mass is 16.2. The van der Waals surface area contributed by atoms with Crippen LogP contribution >= 0.6 is 0 Å². The number of hydrogen-bond acceptors (Lipinski definition) is 3. The van der Waals surface area contributed by atoms with Gasteiger partial charge in [-0.15, -0.1) is 0 Å². The van der Waals surface area contributed by atoms with E-state index in [0.717, 1.165) is 26.2 Å². The molecule has 2 fully saturated rings. The second-order valence-corrected chi connectivity index (χ2v) is 8.55. The second kappa shape index (κ2) is 9.61. The minimum absolute atomic E-state index is 0.396. The van der Waals surface area contributed by atoms with Crippen molar-refractivity contribution in [2.75, 3.05) is 39.8 Å². The van der Waals surface area contributed by atoms with E-state index in [1.54, 1.807) is 0 Å². The predicted octanol–water partition coefficient (Wildman–Crippen LogP) is 2.91. The zero-order valence-corrected chi connectivity index (χ0v) is 17.7. The summed E-state index contributed by atoms with van der Waals surface area (Å²) in [4.78, 5) is 19.8. The molecular weight excluding hydrogens is 350 g/mol. The molecule has 3 heterocycles. The summed E-state index contributed by atoms with van der Waals surface area (Å²) in [7, 11) is 2.19. The Morgan fingerprint density at radius 2 is 1.96 bits per heavy atom. The normalized spacial score (nSPS) is 22.0. The number of carbonyl (C=O) groups excluding carboxylic acids is 1. The lowest BCUT2D eigenvalue weighted by molar-refractivity contribution is 0.0756. The van der Waals surface area contributed by atoms with Crippen molar-refractivity contribution in [1.82, 2.24) is 20.1 Å². The van der Waals surface area contributed by atoms with Crippen LogP contribution in [0.1, 0.15) is 55.3 Å². The number of primary amides is 1. The van der Waals surface area contributed by atoms with Gasteiger partial charge >= 0.3 is 6.03 Å². The highest BCUT2D eigenvalue weighted by Gasteiger charge is 2.33. The summed E-state index contributed by atoms with van der Waals surface area (Å²) in [6, 6.07) is -0.0136. The number of carbonyl (C=O) groups is 1. The Morgan fingerprint density at radius 1 is 1.29 bits per heavy atom. The van der Waals surface area contributed by atoms with Gasteiger partial charge in [0.25, 0.3) is 0 Å². The summed E-state index contributed by atoms with van der Waals surface area (Å²) in [6.07, 6.45) is 11.2. The Balaban J connectivity index is 1.63. The molecule has 0 aliphatic carbocycles. The molecular formula is C22H37N5O. The van der Waals surface area contributed by atoms with Crippen LogP contribution in [0.3, 0.4) is 0 Å². The van der Waals surface area contributed by atoms with Crippen molar-refractivity contribution >= 4 is 12.1 Å². The molecule has 1 aromatic heterocycles. The molecule has 1 unspecified atom stereocenters. The van der Waals surface area contributed by atoms with E-state index in [1.807, 2.05) is 0 Å². The second-order valence-electron chi connectivity index (χ2n) is 8.55. The SMILES string of the molecule is C/C=C\c1[nH]cc(C2CCN(C(CNC(N)=O)C3CCN(C)CC3)CC2)c1C. The Bertz CT molecular complexity index is 666. The average molecular weight is 388 g/mol. The molecule has 1 atom stereocenters. The van der Waals surface area contributed by atoms with Gasteiger partial charge in [-0.1, -0.05) is 6.08 Å². The van der Waals surface area contributed by atoms with E-state index >= 15 is 0 Å². The maximum Gasteiger partial charge on any atom is 0.312 e. The summed E-state index contributed by atoms with van der Waals surface area (Å²) >= 11 is 0. The number of aromatic nitrogens is 1. The molecule has 0 saturated carbocycles. The van der Waals surface area contributed by atoms with Crippen LogP contribution in [-0.4, -0.2) is 66.6 Å². The number of aromatic amines is 1. The number of allylic oxidation sites excluding steroid dienone is 1. The molecule has 6 nitrogen and oxygen atoms in total. The van der Waals surface area contributed by atoms with E-state index in [2.05, 4.69) is 59.3 Å². The van der Waals surface area contributed by atoms with Gasteiger partial charge in [-0.3, -0.25) is 4.90 Å². The first-order chi connectivity index (χ1) is 13.5. The molecule has 0 spiro atoms. The van der Waals surface area contributed by atoms with E-state index in [4.69, 9.17) is 5.73 Å². The van der Waals surface area contributed by atoms with Crippen LogP contribution in [-0.2, 0) is 0 Å². The largest absolute Gasteiger partial charge is 0.361 e. The van der Waals surface area contributed by atoms with Gasteiger partial charge in [0, 0.05) is 24.5 Å². The van der Waals surface area contributed by atoms with E-state index in [-0.39, 0.29) is 0 Å². The molecule has 4 N–H and O–H groups in total. The molecule has 2 aliphatic heterocycles. The predicted molar refractivity (Wildman–Crippen MR) is 115 cm³/mol. The molecule has 2 amide bonds. The van der Waals surface area contributed by atoms with Crippen molar-refractivity contribution in [3.05, 3.63) is 29.1 Å². The fourth-order valence-electron chi connectivity index (χ4n) is 5.05. The molecule has 0 aromatic carbocycles. The number of amides is 2. The van der Waals surface area contributed by atoms with Gasteiger partial charge in [-0.25, -0.2) is 4.79 Å². The minimum Gasteiger partial charge on any atom is -0.361 e. The summed E-state index contributed by atoms with van der Waals surface area (Å²) in [6.45, 7) is 9.42. The molecule has 2 aliphatic rings. The Kier molecular flexibility index (Phi) is 7.18. The van der Waals surface area contributed by atoms with Crippen molar-refractivity contribution in [1.29, 1.82) is 0 Å². The van der Waals surface area contributed by atoms with Gasteiger partial charge in [0.15, 0.2) is 0 Å². The smallest absolute Gasteiger partial charge is 0.312 e. The van der Waals surface area contributed by atoms with E-state index in [9.17, 15) is 4.79 Å². The molecule has 6 heteroatoms. The van der Waals surface area contributed by atoms with E-state index in [0.29, 0.717) is 24.4 Å². The number of urea groups is 1. The van der Waals surface area contributed by atoms with E-state index < -0.39 is 6.03 Å². The number of likely N-dealkylation sites (tertiary alicyclic amines) is 2. The van der Waals surface area contributed by atoms with Crippen LogP contribution in [0, 0.1) is 12.8 Å². The minimum atomic E-state index is -0.410. The molecule has 2 saturated heterocycles. The van der Waals surface area contributed by atoms with Crippen molar-refractivity contribution in [2.45, 2.75) is 51.5 Å². The molecule has 3 rings (SSSR count). The lowest BCUT2D eigenvalue weighted by atomic mass is 9.84. The van der Waals surface area contributed by atoms with Crippen LogP contribution in [0.25, 0.3) is 6.08 Å². The molecule has 156 valence electrons. The first kappa shape index (κ1) is 20.9. The maximum atomic E-state index is 11.3. The number of nitrogens with one attached hydrogen (secondary N) is 2. The van der Waals surface area contributed by atoms with Crippen molar-refractivity contribution in [3.8, 4) is 0 Å². The molecule has 1 aromatic rings. The number of H-pyrrole nitrogens is 1. The highest BCUT2D eigenvalue weighted by molar-refractivity contribution is 5.71. The number of rotatable bonds is 6. The monoisotopic (exact) mass is 387 g/mol. The number of nitrogens with zero attached hydrogens (tertiary/aromatic N) is 2. The average Bonchev–Trinajstić information content (AvgIpc) is 3.04. The van der Waals surface area contributed by atoms with Gasteiger partial charge < -0.3 is 20.9 Å². The Hall–Kier alpha value is -1.79. The third kappa shape index (κ3) is 4.97. The lowest BCUT2D eigenvalue weighted by Crippen LogP contribution is -2.53. The van der Waals surface area contributed by atoms with Gasteiger partial charge in [-0.05, 0) is 102 Å². The van der Waals surface area contributed by atoms with Gasteiger partial charge in [0.2, 0.25) is 0 Å². The van der Waals surface area contributed by atoms with E-state index in [1.165, 1.54) is 42.5 Å². The van der Waals surface area contributed by atoms with Crippen LogP contribution in [0.5, 0.6) is 0 Å². The molecule has 28 heavy (non-hydrogen) atoms. The number of hydrogen-bond donors (Lipinski definition) is 3. The lowest BCUT2D eigenvalue weighted by Gasteiger charge is -2.43. The summed E-state index contributed by atoms with van der Waals surface area (Å²) in [5, 5.41) is 2.89. The summed E-state index contributed by atoms with van der Waals surface area (Å²) in [5.74, 6) is 1.25. The van der Waals surface area contributed by atoms with Crippen molar-refractivity contribution in [2.24, 2.45) is 11.7 Å². The first-order valence-corrected chi connectivity index (χ1v) is 10.8. The Labute approximate surface area is 169 Å². The third-order valence-electron chi connectivity index (χ3n) is 6.78. The fraction of sp³-hybridized carbons (Fsp3) is 0.682.